The number of nitrogens with one attached hydrogen (secondary N) is 1. The molecule has 2 rings (SSSR count). The Morgan fingerprint density at radius 3 is 2.30 bits per heavy atom. The second kappa shape index (κ2) is 6.69. The third kappa shape index (κ3) is 2.72. The Balaban J connectivity index is 2.89. The number of hydrogen-bond acceptors (Lipinski definition) is 2. The number of halogens is 5. The van der Waals surface area contributed by atoms with Crippen molar-refractivity contribution in [2.45, 2.75) is 12.8 Å². The van der Waals surface area contributed by atoms with Gasteiger partial charge in [0.2, 0.25) is 0 Å². The molecule has 0 saturated heterocycles. The van der Waals surface area contributed by atoms with Gasteiger partial charge in [0, 0.05) is 24.5 Å². The van der Waals surface area contributed by atoms with Gasteiger partial charge in [-0.25, -0.2) is 4.79 Å². The average molecular weight is 553 g/mol. The molecule has 1 heterocycles. The maximum Gasteiger partial charge on any atom is 0.340 e. The van der Waals surface area contributed by atoms with E-state index >= 15 is 0 Å². The summed E-state index contributed by atoms with van der Waals surface area (Å²) in [7, 11) is 0. The van der Waals surface area contributed by atoms with Gasteiger partial charge < -0.3 is 9.72 Å². The molecule has 0 saturated carbocycles. The maximum atomic E-state index is 12.2. The lowest BCUT2D eigenvalue weighted by Crippen LogP contribution is -2.06. The third-order valence-corrected chi connectivity index (χ3v) is 7.74. The minimum absolute atomic E-state index is 0.191. The average Bonchev–Trinajstić information content (AvgIpc) is 2.82. The fourth-order valence-electron chi connectivity index (χ4n) is 1.88. The number of benzene rings is 1. The minimum atomic E-state index is -0.392. The maximum absolute atomic E-state index is 12.2. The van der Waals surface area contributed by atoms with E-state index in [1.165, 1.54) is 0 Å². The molecule has 3 nitrogen and oxygen atoms in total. The van der Waals surface area contributed by atoms with Crippen LogP contribution in [0.15, 0.2) is 17.9 Å². The van der Waals surface area contributed by atoms with E-state index in [9.17, 15) is 4.79 Å². The van der Waals surface area contributed by atoms with Crippen molar-refractivity contribution < 1.29 is 9.53 Å². The summed E-state index contributed by atoms with van der Waals surface area (Å²) in [5.41, 5.74) is 1.87. The molecule has 0 unspecified atom stereocenters. The first-order valence-corrected chi connectivity index (χ1v) is 9.24. The van der Waals surface area contributed by atoms with E-state index in [0.717, 1.165) is 28.8 Å². The monoisotopic (exact) mass is 549 g/mol. The van der Waals surface area contributed by atoms with Crippen molar-refractivity contribution in [1.82, 2.24) is 4.98 Å². The molecular weight excluding hydrogens is 545 g/mol. The first kappa shape index (κ1) is 16.8. The van der Waals surface area contributed by atoms with E-state index in [0.29, 0.717) is 17.9 Å². The van der Waals surface area contributed by atoms with Crippen LogP contribution in [0.1, 0.15) is 23.0 Å². The molecule has 0 aliphatic rings. The summed E-state index contributed by atoms with van der Waals surface area (Å²) < 4.78 is 8.34. The van der Waals surface area contributed by atoms with Crippen LogP contribution in [0.5, 0.6) is 0 Å². The molecule has 0 amide bonds. The molecule has 0 atom stereocenters. The number of aromatic nitrogens is 1. The molecule has 2 aromatic rings. The highest BCUT2D eigenvalue weighted by Crippen LogP contribution is 2.45. The Hall–Kier alpha value is 0.440. The Labute approximate surface area is 154 Å². The van der Waals surface area contributed by atoms with Gasteiger partial charge in [0.15, 0.2) is 0 Å². The number of ether oxygens (including phenoxy) is 1. The molecule has 0 bridgehead atoms. The number of rotatable bonds is 3. The molecule has 1 N–H and O–H groups in total. The second-order valence-corrected chi connectivity index (χ2v) is 7.28. The lowest BCUT2D eigenvalue weighted by molar-refractivity contribution is 0.0527. The van der Waals surface area contributed by atoms with Crippen molar-refractivity contribution in [2.75, 3.05) is 6.61 Å². The van der Waals surface area contributed by atoms with Crippen LogP contribution in [0.3, 0.4) is 0 Å². The molecule has 8 heteroatoms. The Bertz CT molecular complexity index is 699. The van der Waals surface area contributed by atoms with Crippen molar-refractivity contribution >= 4 is 92.2 Å². The quantitative estimate of drug-likeness (QED) is 0.215. The van der Waals surface area contributed by atoms with Crippen LogP contribution >= 0.6 is 75.3 Å². The van der Waals surface area contributed by atoms with E-state index in [4.69, 9.17) is 16.3 Å². The van der Waals surface area contributed by atoms with Crippen LogP contribution in [0, 0.1) is 0 Å². The van der Waals surface area contributed by atoms with E-state index < -0.39 is 5.97 Å². The van der Waals surface area contributed by atoms with E-state index in [-0.39, 0.29) is 5.88 Å². The summed E-state index contributed by atoms with van der Waals surface area (Å²) in [5, 5.41) is 0.737. The highest BCUT2D eigenvalue weighted by Gasteiger charge is 2.25. The van der Waals surface area contributed by atoms with Crippen LogP contribution in [0.2, 0.25) is 0 Å². The topological polar surface area (TPSA) is 42.1 Å². The molecule has 1 aromatic carbocycles. The van der Waals surface area contributed by atoms with Gasteiger partial charge in [0.1, 0.15) is 0 Å². The number of carbonyl (C=O) groups excluding carboxylic acids is 1. The number of carbonyl (C=O) groups is 1. The predicted molar refractivity (Wildman–Crippen MR) is 94.6 cm³/mol. The first-order valence-electron chi connectivity index (χ1n) is 5.53. The highest BCUT2D eigenvalue weighted by molar-refractivity contribution is 9.15. The lowest BCUT2D eigenvalue weighted by atomic mass is 10.1. The standard InChI is InChI=1S/C12H8Br4ClNO2/c1-2-20-12(19)5-4(3-17)18-11-6(5)7(13)8(14)9(15)10(11)16/h18H,2-3H2,1H3. The normalized spacial score (nSPS) is 11.1. The van der Waals surface area contributed by atoms with Gasteiger partial charge in [-0.1, -0.05) is 0 Å². The summed E-state index contributed by atoms with van der Waals surface area (Å²) in [6, 6.07) is 0. The lowest BCUT2D eigenvalue weighted by Gasteiger charge is -2.07. The number of aromatic amines is 1. The number of esters is 1. The van der Waals surface area contributed by atoms with Crippen LogP contribution < -0.4 is 0 Å². The van der Waals surface area contributed by atoms with Gasteiger partial charge in [0.05, 0.1) is 28.0 Å². The summed E-state index contributed by atoms with van der Waals surface area (Å²) >= 11 is 19.9. The van der Waals surface area contributed by atoms with Gasteiger partial charge in [-0.2, -0.15) is 0 Å². The number of hydrogen-bond donors (Lipinski definition) is 1. The largest absolute Gasteiger partial charge is 0.462 e. The molecule has 0 radical (unpaired) electrons. The summed E-state index contributed by atoms with van der Waals surface area (Å²) in [6.07, 6.45) is 0. The summed E-state index contributed by atoms with van der Waals surface area (Å²) in [6.45, 7) is 2.08. The molecule has 0 spiro atoms. The van der Waals surface area contributed by atoms with Gasteiger partial charge >= 0.3 is 5.97 Å². The SMILES string of the molecule is CCOC(=O)c1c(CCl)[nH]c2c(Br)c(Br)c(Br)c(Br)c12. The van der Waals surface area contributed by atoms with Crippen molar-refractivity contribution in [1.29, 1.82) is 0 Å². The van der Waals surface area contributed by atoms with Crippen molar-refractivity contribution in [2.24, 2.45) is 0 Å². The van der Waals surface area contributed by atoms with Crippen LogP contribution in [-0.4, -0.2) is 17.6 Å². The number of fused-ring (bicyclic) bond motifs is 1. The van der Waals surface area contributed by atoms with Crippen LogP contribution in [-0.2, 0) is 10.6 Å². The predicted octanol–water partition coefficient (Wildman–Crippen LogP) is 6.13. The van der Waals surface area contributed by atoms with E-state index in [1.807, 2.05) is 0 Å². The van der Waals surface area contributed by atoms with Crippen LogP contribution in [0.25, 0.3) is 10.9 Å². The van der Waals surface area contributed by atoms with Crippen molar-refractivity contribution in [3.05, 3.63) is 29.1 Å². The molecule has 20 heavy (non-hydrogen) atoms. The number of alkyl halides is 1. The van der Waals surface area contributed by atoms with Crippen LogP contribution in [0.4, 0.5) is 0 Å². The number of H-pyrrole nitrogens is 1. The Morgan fingerprint density at radius 1 is 1.15 bits per heavy atom. The third-order valence-electron chi connectivity index (χ3n) is 2.71. The van der Waals surface area contributed by atoms with Gasteiger partial charge in [0.25, 0.3) is 0 Å². The van der Waals surface area contributed by atoms with Gasteiger partial charge in [-0.3, -0.25) is 0 Å². The summed E-state index contributed by atoms with van der Waals surface area (Å²) in [5.74, 6) is -0.201. The first-order chi connectivity index (χ1) is 9.43. The highest BCUT2D eigenvalue weighted by atomic mass is 79.9. The molecule has 108 valence electrons. The fraction of sp³-hybridized carbons (Fsp3) is 0.250. The molecule has 0 aliphatic heterocycles. The molecule has 1 aromatic heterocycles. The Kier molecular flexibility index (Phi) is 5.62. The Morgan fingerprint density at radius 2 is 1.75 bits per heavy atom. The van der Waals surface area contributed by atoms with Crippen molar-refractivity contribution in [3.63, 3.8) is 0 Å². The van der Waals surface area contributed by atoms with Crippen molar-refractivity contribution in [3.8, 4) is 0 Å². The van der Waals surface area contributed by atoms with E-state index in [2.05, 4.69) is 68.7 Å². The zero-order valence-electron chi connectivity index (χ0n) is 10.1. The smallest absolute Gasteiger partial charge is 0.340 e. The van der Waals surface area contributed by atoms with Gasteiger partial charge in [-0.15, -0.1) is 11.6 Å². The molecule has 0 fully saturated rings. The molecule has 0 aliphatic carbocycles. The minimum Gasteiger partial charge on any atom is -0.462 e. The zero-order chi connectivity index (χ0) is 15.0. The summed E-state index contributed by atoms with van der Waals surface area (Å²) in [4.78, 5) is 15.4. The zero-order valence-corrected chi connectivity index (χ0v) is 17.2. The fourth-order valence-corrected chi connectivity index (χ4v) is 4.49. The van der Waals surface area contributed by atoms with Gasteiger partial charge in [-0.05, 0) is 70.6 Å². The van der Waals surface area contributed by atoms with E-state index in [1.54, 1.807) is 6.92 Å². The molecular formula is C12H8Br4ClNO2. The second-order valence-electron chi connectivity index (χ2n) is 3.84.